The Hall–Kier alpha value is -3.35. The van der Waals surface area contributed by atoms with Crippen molar-refractivity contribution >= 4 is 46.9 Å². The maximum atomic E-state index is 11.9. The highest BCUT2D eigenvalue weighted by atomic mass is 35.5. The molecule has 0 atom stereocenters. The lowest BCUT2D eigenvalue weighted by Gasteiger charge is -2.08. The molecule has 0 aliphatic rings. The number of hydrogen-bond donors (Lipinski definition) is 2. The van der Waals surface area contributed by atoms with Crippen LogP contribution in [0.5, 0.6) is 5.75 Å². The van der Waals surface area contributed by atoms with Gasteiger partial charge in [0.2, 0.25) is 11.8 Å². The van der Waals surface area contributed by atoms with Crippen LogP contribution in [-0.4, -0.2) is 18.0 Å². The predicted octanol–water partition coefficient (Wildman–Crippen LogP) is 5.05. The van der Waals surface area contributed by atoms with Crippen LogP contribution in [0.15, 0.2) is 77.9 Å². The van der Waals surface area contributed by atoms with Gasteiger partial charge in [-0.3, -0.25) is 9.59 Å². The van der Waals surface area contributed by atoms with Crippen LogP contribution >= 0.6 is 23.2 Å². The minimum atomic E-state index is -0.541. The summed E-state index contributed by atoms with van der Waals surface area (Å²) in [7, 11) is 0. The molecule has 8 heteroatoms. The first-order valence-electron chi connectivity index (χ1n) is 9.34. The number of rotatable bonds is 8. The summed E-state index contributed by atoms with van der Waals surface area (Å²) in [6.45, 7) is 0.361. The van der Waals surface area contributed by atoms with Crippen LogP contribution in [-0.2, 0) is 16.2 Å². The van der Waals surface area contributed by atoms with Gasteiger partial charge in [-0.15, -0.1) is 0 Å². The number of carbonyl (C=O) groups excluding carboxylic acids is 2. The standard InChI is InChI=1S/C23H19Cl2N3O3/c24-19-6-2-1-5-17(19)15-31-18-11-9-16(10-12-18)14-26-28-23(30)13-22(29)27-21-8-4-3-7-20(21)25/h1-12,14H,13,15H2,(H,27,29)(H,28,30). The number of hydrazone groups is 1. The third-order valence-corrected chi connectivity index (χ3v) is 4.80. The Kier molecular flexibility index (Phi) is 8.04. The molecular formula is C23H19Cl2N3O3. The molecule has 158 valence electrons. The second kappa shape index (κ2) is 11.2. The van der Waals surface area contributed by atoms with E-state index in [0.29, 0.717) is 28.1 Å². The van der Waals surface area contributed by atoms with Crippen molar-refractivity contribution in [1.29, 1.82) is 0 Å². The van der Waals surface area contributed by atoms with Gasteiger partial charge in [-0.25, -0.2) is 5.43 Å². The van der Waals surface area contributed by atoms with Gasteiger partial charge in [0.05, 0.1) is 16.9 Å². The van der Waals surface area contributed by atoms with Crippen LogP contribution in [0.1, 0.15) is 17.5 Å². The van der Waals surface area contributed by atoms with Gasteiger partial charge in [0.1, 0.15) is 18.8 Å². The van der Waals surface area contributed by atoms with Crippen molar-refractivity contribution in [3.63, 3.8) is 0 Å². The molecule has 3 aromatic carbocycles. The van der Waals surface area contributed by atoms with Crippen molar-refractivity contribution in [2.75, 3.05) is 5.32 Å². The number of ether oxygens (including phenoxy) is 1. The summed E-state index contributed by atoms with van der Waals surface area (Å²) in [6.07, 6.45) is 1.10. The molecule has 0 radical (unpaired) electrons. The molecule has 3 rings (SSSR count). The van der Waals surface area contributed by atoms with Crippen LogP contribution in [0.25, 0.3) is 0 Å². The number of carbonyl (C=O) groups is 2. The minimum absolute atomic E-state index is 0.361. The van der Waals surface area contributed by atoms with Gasteiger partial charge in [-0.2, -0.15) is 5.10 Å². The van der Waals surface area contributed by atoms with Gasteiger partial charge < -0.3 is 10.1 Å². The molecule has 0 saturated heterocycles. The topological polar surface area (TPSA) is 79.8 Å². The lowest BCUT2D eigenvalue weighted by atomic mass is 10.2. The van der Waals surface area contributed by atoms with E-state index in [1.165, 1.54) is 6.21 Å². The zero-order valence-electron chi connectivity index (χ0n) is 16.3. The van der Waals surface area contributed by atoms with E-state index in [4.69, 9.17) is 27.9 Å². The van der Waals surface area contributed by atoms with Crippen LogP contribution in [0.4, 0.5) is 5.69 Å². The molecule has 0 bridgehead atoms. The molecule has 2 amide bonds. The number of benzene rings is 3. The van der Waals surface area contributed by atoms with Crippen molar-refractivity contribution in [3.8, 4) is 5.75 Å². The fourth-order valence-corrected chi connectivity index (χ4v) is 2.92. The molecule has 0 fully saturated rings. The van der Waals surface area contributed by atoms with Crippen LogP contribution in [0, 0.1) is 0 Å². The van der Waals surface area contributed by atoms with Crippen molar-refractivity contribution in [3.05, 3.63) is 94.0 Å². The maximum Gasteiger partial charge on any atom is 0.249 e. The Morgan fingerprint density at radius 1 is 0.871 bits per heavy atom. The molecule has 0 heterocycles. The molecule has 0 spiro atoms. The number of para-hydroxylation sites is 1. The Bertz CT molecular complexity index is 1090. The van der Waals surface area contributed by atoms with Gasteiger partial charge in [-0.1, -0.05) is 53.5 Å². The average Bonchev–Trinajstić information content (AvgIpc) is 2.76. The van der Waals surface area contributed by atoms with Crippen LogP contribution in [0.2, 0.25) is 10.0 Å². The molecular weight excluding hydrogens is 437 g/mol. The Morgan fingerprint density at radius 3 is 2.26 bits per heavy atom. The third-order valence-electron chi connectivity index (χ3n) is 4.10. The number of nitrogens with one attached hydrogen (secondary N) is 2. The zero-order chi connectivity index (χ0) is 22.1. The molecule has 6 nitrogen and oxygen atoms in total. The fourth-order valence-electron chi connectivity index (χ4n) is 2.55. The van der Waals surface area contributed by atoms with Gasteiger partial charge in [-0.05, 0) is 48.0 Å². The number of nitrogens with zero attached hydrogens (tertiary/aromatic N) is 1. The fraction of sp³-hybridized carbons (Fsp3) is 0.0870. The summed E-state index contributed by atoms with van der Waals surface area (Å²) in [4.78, 5) is 23.8. The van der Waals surface area contributed by atoms with Crippen LogP contribution < -0.4 is 15.5 Å². The number of hydrogen-bond acceptors (Lipinski definition) is 4. The average molecular weight is 456 g/mol. The van der Waals surface area contributed by atoms with E-state index < -0.39 is 11.8 Å². The van der Waals surface area contributed by atoms with Crippen molar-refractivity contribution in [2.24, 2.45) is 5.10 Å². The van der Waals surface area contributed by atoms with Gasteiger partial charge >= 0.3 is 0 Å². The smallest absolute Gasteiger partial charge is 0.249 e. The molecule has 2 N–H and O–H groups in total. The SMILES string of the molecule is O=C(CC(=O)Nc1ccccc1Cl)NN=Cc1ccc(OCc2ccccc2Cl)cc1. The summed E-state index contributed by atoms with van der Waals surface area (Å²) < 4.78 is 5.72. The molecule has 0 aliphatic heterocycles. The van der Waals surface area contributed by atoms with E-state index in [2.05, 4.69) is 15.8 Å². The first-order chi connectivity index (χ1) is 15.0. The maximum absolute atomic E-state index is 11.9. The summed E-state index contributed by atoms with van der Waals surface area (Å²) in [5.41, 5.74) is 4.42. The van der Waals surface area contributed by atoms with E-state index in [-0.39, 0.29) is 6.42 Å². The summed E-state index contributed by atoms with van der Waals surface area (Å²) in [5, 5.41) is 7.49. The quantitative estimate of drug-likeness (QED) is 0.283. The summed E-state index contributed by atoms with van der Waals surface area (Å²) >= 11 is 12.1. The molecule has 31 heavy (non-hydrogen) atoms. The molecule has 3 aromatic rings. The Morgan fingerprint density at radius 2 is 1.55 bits per heavy atom. The second-order valence-corrected chi connectivity index (χ2v) is 7.26. The predicted molar refractivity (Wildman–Crippen MR) is 123 cm³/mol. The van der Waals surface area contributed by atoms with Crippen molar-refractivity contribution in [1.82, 2.24) is 5.43 Å². The number of anilines is 1. The largest absolute Gasteiger partial charge is 0.489 e. The van der Waals surface area contributed by atoms with E-state index in [9.17, 15) is 9.59 Å². The van der Waals surface area contributed by atoms with Crippen LogP contribution in [0.3, 0.4) is 0 Å². The van der Waals surface area contributed by atoms with E-state index in [1.807, 2.05) is 24.3 Å². The Balaban J connectivity index is 1.44. The number of amides is 2. The molecule has 0 unspecified atom stereocenters. The van der Waals surface area contributed by atoms with Crippen molar-refractivity contribution < 1.29 is 14.3 Å². The molecule has 0 aliphatic carbocycles. The zero-order valence-corrected chi connectivity index (χ0v) is 17.9. The van der Waals surface area contributed by atoms with E-state index in [0.717, 1.165) is 11.1 Å². The van der Waals surface area contributed by atoms with Gasteiger partial charge in [0.15, 0.2) is 0 Å². The summed E-state index contributed by atoms with van der Waals surface area (Å²) in [5.74, 6) is -0.348. The van der Waals surface area contributed by atoms with E-state index >= 15 is 0 Å². The normalized spacial score (nSPS) is 10.6. The first kappa shape index (κ1) is 22.3. The highest BCUT2D eigenvalue weighted by molar-refractivity contribution is 6.33. The number of halogens is 2. The lowest BCUT2D eigenvalue weighted by Crippen LogP contribution is -2.24. The summed E-state index contributed by atoms with van der Waals surface area (Å²) in [6, 6.07) is 21.4. The monoisotopic (exact) mass is 455 g/mol. The third kappa shape index (κ3) is 7.13. The van der Waals surface area contributed by atoms with Crippen molar-refractivity contribution in [2.45, 2.75) is 13.0 Å². The molecule has 0 saturated carbocycles. The Labute approximate surface area is 189 Å². The van der Waals surface area contributed by atoms with Gasteiger partial charge in [0, 0.05) is 10.6 Å². The highest BCUT2D eigenvalue weighted by Crippen LogP contribution is 2.20. The lowest BCUT2D eigenvalue weighted by molar-refractivity contribution is -0.126. The second-order valence-electron chi connectivity index (χ2n) is 6.45. The minimum Gasteiger partial charge on any atom is -0.489 e. The molecule has 0 aromatic heterocycles. The van der Waals surface area contributed by atoms with Gasteiger partial charge in [0.25, 0.3) is 0 Å². The van der Waals surface area contributed by atoms with E-state index in [1.54, 1.807) is 48.5 Å². The highest BCUT2D eigenvalue weighted by Gasteiger charge is 2.10. The first-order valence-corrected chi connectivity index (χ1v) is 10.1.